The number of amides is 3. The van der Waals surface area contributed by atoms with Gasteiger partial charge in [0.15, 0.2) is 5.71 Å². The minimum Gasteiger partial charge on any atom is -0.465 e. The highest BCUT2D eigenvalue weighted by molar-refractivity contribution is 7.99. The first-order valence-corrected chi connectivity index (χ1v) is 15.7. The lowest BCUT2D eigenvalue weighted by atomic mass is 10.1. The van der Waals surface area contributed by atoms with Crippen molar-refractivity contribution in [3.8, 4) is 0 Å². The second-order valence-electron chi connectivity index (χ2n) is 10.4. The highest BCUT2D eigenvalue weighted by Crippen LogP contribution is 2.35. The number of thioether (sulfide) groups is 1. The van der Waals surface area contributed by atoms with E-state index >= 15 is 0 Å². The van der Waals surface area contributed by atoms with Crippen LogP contribution >= 0.6 is 23.4 Å². The predicted octanol–water partition coefficient (Wildman–Crippen LogP) is 7.60. The van der Waals surface area contributed by atoms with Crippen LogP contribution in [0.25, 0.3) is 0 Å². The fourth-order valence-corrected chi connectivity index (χ4v) is 6.03. The SMILES string of the molecule is COC(=O)c1ccc(CCSc2ccc3c(c2)C(=NNC(=O)Nc2ccc(C(F)(F)F)cc2Cl)C(=O)N3CCc2ccccc2)cc1. The first kappa shape index (κ1) is 33.6. The molecule has 0 radical (unpaired) electrons. The number of benzene rings is 4. The summed E-state index contributed by atoms with van der Waals surface area (Å²) in [7, 11) is 1.33. The number of fused-ring (bicyclic) bond motifs is 1. The fraction of sp³-hybridized carbons (Fsp3) is 0.176. The average Bonchev–Trinajstić information content (AvgIpc) is 3.32. The molecule has 0 spiro atoms. The summed E-state index contributed by atoms with van der Waals surface area (Å²) in [6.45, 7) is 0.371. The Labute approximate surface area is 277 Å². The molecule has 47 heavy (non-hydrogen) atoms. The zero-order chi connectivity index (χ0) is 33.6. The van der Waals surface area contributed by atoms with E-state index in [2.05, 4.69) is 15.8 Å². The molecule has 0 atom stereocenters. The van der Waals surface area contributed by atoms with Crippen LogP contribution in [-0.4, -0.2) is 43.0 Å². The van der Waals surface area contributed by atoms with E-state index in [-0.39, 0.29) is 16.4 Å². The first-order chi connectivity index (χ1) is 22.5. The average molecular weight is 681 g/mol. The number of carbonyl (C=O) groups is 3. The normalized spacial score (nSPS) is 13.4. The number of anilines is 2. The Kier molecular flexibility index (Phi) is 10.5. The Balaban J connectivity index is 1.31. The lowest BCUT2D eigenvalue weighted by molar-refractivity contribution is -0.137. The quantitative estimate of drug-likeness (QED) is 0.102. The van der Waals surface area contributed by atoms with E-state index in [1.165, 1.54) is 7.11 Å². The number of ether oxygens (including phenoxy) is 1. The fourth-order valence-electron chi connectivity index (χ4n) is 4.86. The zero-order valence-electron chi connectivity index (χ0n) is 24.9. The molecule has 0 fully saturated rings. The van der Waals surface area contributed by atoms with Gasteiger partial charge in [-0.1, -0.05) is 54.1 Å². The molecule has 1 aliphatic rings. The minimum absolute atomic E-state index is 0.0163. The molecule has 0 unspecified atom stereocenters. The van der Waals surface area contributed by atoms with Crippen molar-refractivity contribution in [1.29, 1.82) is 0 Å². The van der Waals surface area contributed by atoms with Crippen molar-refractivity contribution >= 4 is 58.4 Å². The highest BCUT2D eigenvalue weighted by Gasteiger charge is 2.35. The number of halogens is 4. The van der Waals surface area contributed by atoms with Gasteiger partial charge in [-0.25, -0.2) is 15.0 Å². The Morgan fingerprint density at radius 2 is 1.66 bits per heavy atom. The number of hydrazone groups is 1. The zero-order valence-corrected chi connectivity index (χ0v) is 26.5. The third-order valence-corrected chi connectivity index (χ3v) is 8.59. The molecule has 5 rings (SSSR count). The molecule has 4 aromatic rings. The molecular weight excluding hydrogens is 653 g/mol. The summed E-state index contributed by atoms with van der Waals surface area (Å²) in [5.41, 5.74) is 5.02. The Morgan fingerprint density at radius 3 is 2.34 bits per heavy atom. The molecule has 1 aliphatic heterocycles. The van der Waals surface area contributed by atoms with E-state index in [9.17, 15) is 27.6 Å². The van der Waals surface area contributed by atoms with Crippen LogP contribution in [-0.2, 0) is 28.5 Å². The van der Waals surface area contributed by atoms with Crippen molar-refractivity contribution in [2.45, 2.75) is 23.9 Å². The van der Waals surface area contributed by atoms with Gasteiger partial charge in [0, 0.05) is 22.8 Å². The molecule has 1 heterocycles. The number of aryl methyl sites for hydroxylation is 1. The molecule has 0 aliphatic carbocycles. The van der Waals surface area contributed by atoms with Gasteiger partial charge in [0.05, 0.1) is 34.6 Å². The number of nitrogens with zero attached hydrogens (tertiary/aromatic N) is 2. The second kappa shape index (κ2) is 14.7. The van der Waals surface area contributed by atoms with Crippen LogP contribution in [0.1, 0.15) is 32.6 Å². The minimum atomic E-state index is -4.59. The smallest absolute Gasteiger partial charge is 0.416 e. The van der Waals surface area contributed by atoms with Crippen LogP contribution in [0.5, 0.6) is 0 Å². The van der Waals surface area contributed by atoms with Gasteiger partial charge in [-0.05, 0) is 72.5 Å². The topological polar surface area (TPSA) is 100 Å². The number of carbonyl (C=O) groups excluding carboxylic acids is 3. The maximum absolute atomic E-state index is 13.6. The Morgan fingerprint density at radius 1 is 0.936 bits per heavy atom. The Bertz CT molecular complexity index is 1820. The van der Waals surface area contributed by atoms with Crippen LogP contribution in [0.15, 0.2) is 101 Å². The molecule has 0 saturated carbocycles. The summed E-state index contributed by atoms with van der Waals surface area (Å²) < 4.78 is 43.7. The number of nitrogens with one attached hydrogen (secondary N) is 2. The number of methoxy groups -OCH3 is 1. The van der Waals surface area contributed by atoms with Crippen LogP contribution in [0, 0.1) is 0 Å². The van der Waals surface area contributed by atoms with Crippen molar-refractivity contribution in [2.75, 3.05) is 29.6 Å². The van der Waals surface area contributed by atoms with Gasteiger partial charge >= 0.3 is 18.2 Å². The van der Waals surface area contributed by atoms with Crippen molar-refractivity contribution in [2.24, 2.45) is 5.10 Å². The largest absolute Gasteiger partial charge is 0.465 e. The monoisotopic (exact) mass is 680 g/mol. The van der Waals surface area contributed by atoms with Crippen molar-refractivity contribution < 1.29 is 32.3 Å². The second-order valence-corrected chi connectivity index (χ2v) is 12.0. The van der Waals surface area contributed by atoms with Gasteiger partial charge in [-0.15, -0.1) is 11.8 Å². The first-order valence-electron chi connectivity index (χ1n) is 14.3. The predicted molar refractivity (Wildman–Crippen MR) is 176 cm³/mol. The summed E-state index contributed by atoms with van der Waals surface area (Å²) in [4.78, 5) is 40.4. The highest BCUT2D eigenvalue weighted by atomic mass is 35.5. The number of esters is 1. The van der Waals surface area contributed by atoms with Gasteiger partial charge in [-0.2, -0.15) is 18.3 Å². The van der Waals surface area contributed by atoms with Gasteiger partial charge in [-0.3, -0.25) is 4.79 Å². The van der Waals surface area contributed by atoms with Crippen LogP contribution in [0.3, 0.4) is 0 Å². The van der Waals surface area contributed by atoms with E-state index < -0.39 is 29.6 Å². The molecule has 3 amide bonds. The maximum atomic E-state index is 13.6. The molecule has 0 bridgehead atoms. The van der Waals surface area contributed by atoms with E-state index in [0.717, 1.165) is 34.6 Å². The number of alkyl halides is 3. The van der Waals surface area contributed by atoms with E-state index in [1.807, 2.05) is 60.7 Å². The standard InChI is InChI=1S/C34H28ClF3N4O4S/c1-46-32(44)23-9-7-22(8-10-23)16-18-47-25-12-14-29-26(20-25)30(31(43)42(29)17-15-21-5-3-2-4-6-21)40-41-33(45)39-28-13-11-24(19-27(28)35)34(36,37)38/h2-14,19-20H,15-18H2,1H3,(H2,39,41,45). The molecule has 2 N–H and O–H groups in total. The Hall–Kier alpha value is -4.81. The number of hydrogen-bond donors (Lipinski definition) is 2. The van der Waals surface area contributed by atoms with Crippen LogP contribution < -0.4 is 15.6 Å². The summed E-state index contributed by atoms with van der Waals surface area (Å²) in [5, 5.41) is 6.18. The molecular formula is C34H28ClF3N4O4S. The van der Waals surface area contributed by atoms with Crippen LogP contribution in [0.2, 0.25) is 5.02 Å². The molecule has 4 aromatic carbocycles. The van der Waals surface area contributed by atoms with E-state index in [0.29, 0.717) is 41.6 Å². The molecule has 13 heteroatoms. The van der Waals surface area contributed by atoms with E-state index in [1.54, 1.807) is 28.8 Å². The van der Waals surface area contributed by atoms with Gasteiger partial charge in [0.2, 0.25) is 0 Å². The van der Waals surface area contributed by atoms with Crippen molar-refractivity contribution in [1.82, 2.24) is 5.43 Å². The lowest BCUT2D eigenvalue weighted by Crippen LogP contribution is -2.34. The number of hydrogen-bond acceptors (Lipinski definition) is 6. The third-order valence-electron chi connectivity index (χ3n) is 7.28. The van der Waals surface area contributed by atoms with Gasteiger partial charge in [0.1, 0.15) is 0 Å². The lowest BCUT2D eigenvalue weighted by Gasteiger charge is -2.17. The number of urea groups is 1. The summed E-state index contributed by atoms with van der Waals surface area (Å²) in [6, 6.07) is 24.1. The summed E-state index contributed by atoms with van der Waals surface area (Å²) >= 11 is 7.54. The van der Waals surface area contributed by atoms with Crippen LogP contribution in [0.4, 0.5) is 29.3 Å². The maximum Gasteiger partial charge on any atom is 0.416 e. The number of rotatable bonds is 10. The molecule has 0 aromatic heterocycles. The van der Waals surface area contributed by atoms with Crippen molar-refractivity contribution in [3.63, 3.8) is 0 Å². The van der Waals surface area contributed by atoms with Crippen molar-refractivity contribution in [3.05, 3.63) is 124 Å². The summed E-state index contributed by atoms with van der Waals surface area (Å²) in [5.74, 6) is -0.0934. The van der Waals surface area contributed by atoms with E-state index in [4.69, 9.17) is 16.3 Å². The molecule has 242 valence electrons. The van der Waals surface area contributed by atoms with Gasteiger partial charge in [0.25, 0.3) is 5.91 Å². The molecule has 0 saturated heterocycles. The van der Waals surface area contributed by atoms with Gasteiger partial charge < -0.3 is 15.0 Å². The molecule has 8 nitrogen and oxygen atoms in total. The third kappa shape index (κ3) is 8.32. The summed E-state index contributed by atoms with van der Waals surface area (Å²) in [6.07, 6.45) is -3.28.